The quantitative estimate of drug-likeness (QED) is 0.549. The predicted molar refractivity (Wildman–Crippen MR) is 36.7 cm³/mol. The molecule has 1 unspecified atom stereocenters. The van der Waals surface area contributed by atoms with Crippen LogP contribution < -0.4 is 5.73 Å². The number of ether oxygens (including phenoxy) is 1. The van der Waals surface area contributed by atoms with E-state index in [1.54, 1.807) is 0 Å². The average molecular weight is 158 g/mol. The van der Waals surface area contributed by atoms with Crippen molar-refractivity contribution in [2.45, 2.75) is 12.5 Å². The highest BCUT2D eigenvalue weighted by atomic mass is 16.5. The minimum atomic E-state index is -0.486. The number of hydrogen-bond acceptors (Lipinski definition) is 3. The Morgan fingerprint density at radius 2 is 2.27 bits per heavy atom. The van der Waals surface area contributed by atoms with E-state index in [4.69, 9.17) is 5.73 Å². The first-order valence-electron chi connectivity index (χ1n) is 3.30. The molecule has 1 aliphatic rings. The van der Waals surface area contributed by atoms with Gasteiger partial charge in [-0.1, -0.05) is 0 Å². The highest BCUT2D eigenvalue weighted by molar-refractivity contribution is 5.85. The van der Waals surface area contributed by atoms with Gasteiger partial charge in [0.15, 0.2) is 0 Å². The van der Waals surface area contributed by atoms with Crippen LogP contribution in [0, 0.1) is 0 Å². The first-order valence-corrected chi connectivity index (χ1v) is 3.30. The third-order valence-corrected chi connectivity index (χ3v) is 1.76. The normalized spacial score (nSPS) is 22.3. The largest absolute Gasteiger partial charge is 0.453 e. The van der Waals surface area contributed by atoms with E-state index in [2.05, 4.69) is 4.74 Å². The Morgan fingerprint density at radius 3 is 2.55 bits per heavy atom. The standard InChI is InChI=1S/C6H10N2O3/c1-11-6(10)8-3-2-4(8)5(7)9/h4H,2-3H2,1H3,(H2,7,9). The van der Waals surface area contributed by atoms with Crippen LogP contribution in [0.5, 0.6) is 0 Å². The van der Waals surface area contributed by atoms with E-state index in [1.165, 1.54) is 12.0 Å². The molecule has 11 heavy (non-hydrogen) atoms. The van der Waals surface area contributed by atoms with Crippen molar-refractivity contribution in [3.8, 4) is 0 Å². The number of primary amides is 1. The molecular formula is C6H10N2O3. The van der Waals surface area contributed by atoms with Crippen LogP contribution in [0.3, 0.4) is 0 Å². The Labute approximate surface area is 64.1 Å². The van der Waals surface area contributed by atoms with Crippen LogP contribution in [0.4, 0.5) is 4.79 Å². The zero-order valence-electron chi connectivity index (χ0n) is 6.24. The summed E-state index contributed by atoms with van der Waals surface area (Å²) >= 11 is 0. The maximum Gasteiger partial charge on any atom is 0.410 e. The fraction of sp³-hybridized carbons (Fsp3) is 0.667. The number of amides is 2. The van der Waals surface area contributed by atoms with Crippen LogP contribution in [0.2, 0.25) is 0 Å². The van der Waals surface area contributed by atoms with Crippen molar-refractivity contribution in [2.75, 3.05) is 13.7 Å². The zero-order valence-corrected chi connectivity index (χ0v) is 6.24. The van der Waals surface area contributed by atoms with Gasteiger partial charge in [-0.15, -0.1) is 0 Å². The van der Waals surface area contributed by atoms with Gasteiger partial charge in [0, 0.05) is 6.54 Å². The van der Waals surface area contributed by atoms with Crippen molar-refractivity contribution < 1.29 is 14.3 Å². The van der Waals surface area contributed by atoms with Crippen LogP contribution in [0.15, 0.2) is 0 Å². The summed E-state index contributed by atoms with van der Waals surface area (Å²) in [4.78, 5) is 22.7. The van der Waals surface area contributed by atoms with Crippen LogP contribution in [-0.2, 0) is 9.53 Å². The smallest absolute Gasteiger partial charge is 0.410 e. The van der Waals surface area contributed by atoms with Crippen molar-refractivity contribution in [2.24, 2.45) is 5.73 Å². The van der Waals surface area contributed by atoms with Gasteiger partial charge in [0.2, 0.25) is 5.91 Å². The van der Waals surface area contributed by atoms with E-state index >= 15 is 0 Å². The molecule has 1 heterocycles. The monoisotopic (exact) mass is 158 g/mol. The maximum atomic E-state index is 10.8. The minimum Gasteiger partial charge on any atom is -0.453 e. The topological polar surface area (TPSA) is 72.6 Å². The van der Waals surface area contributed by atoms with Crippen LogP contribution in [-0.4, -0.2) is 36.6 Å². The Kier molecular flexibility index (Phi) is 1.98. The van der Waals surface area contributed by atoms with Crippen molar-refractivity contribution in [3.05, 3.63) is 0 Å². The molecule has 0 saturated carbocycles. The van der Waals surface area contributed by atoms with E-state index in [0.717, 1.165) is 0 Å². The maximum absolute atomic E-state index is 10.8. The second kappa shape index (κ2) is 2.77. The first kappa shape index (κ1) is 7.84. The summed E-state index contributed by atoms with van der Waals surface area (Å²) in [6.07, 6.45) is 0.157. The van der Waals surface area contributed by atoms with Gasteiger partial charge >= 0.3 is 6.09 Å². The summed E-state index contributed by atoms with van der Waals surface area (Å²) in [6.45, 7) is 0.556. The molecule has 1 aliphatic heterocycles. The summed E-state index contributed by atoms with van der Waals surface area (Å²) in [5.41, 5.74) is 4.99. The molecule has 5 heteroatoms. The predicted octanol–water partition coefficient (Wildman–Crippen LogP) is -0.688. The molecule has 2 amide bonds. The van der Waals surface area contributed by atoms with Crippen LogP contribution >= 0.6 is 0 Å². The average Bonchev–Trinajstić information content (AvgIpc) is 1.83. The summed E-state index contributed by atoms with van der Waals surface area (Å²) in [5, 5.41) is 0. The fourth-order valence-corrected chi connectivity index (χ4v) is 1.02. The molecule has 2 N–H and O–H groups in total. The lowest BCUT2D eigenvalue weighted by Crippen LogP contribution is -2.57. The zero-order chi connectivity index (χ0) is 8.43. The third kappa shape index (κ3) is 1.26. The molecule has 0 aromatic rings. The van der Waals surface area contributed by atoms with Gasteiger partial charge in [-0.25, -0.2) is 4.79 Å². The highest BCUT2D eigenvalue weighted by Crippen LogP contribution is 2.17. The second-order valence-corrected chi connectivity index (χ2v) is 2.37. The van der Waals surface area contributed by atoms with Crippen molar-refractivity contribution in [3.63, 3.8) is 0 Å². The Balaban J connectivity index is 2.49. The Bertz CT molecular complexity index is 192. The second-order valence-electron chi connectivity index (χ2n) is 2.37. The van der Waals surface area contributed by atoms with Gasteiger partial charge in [-0.05, 0) is 6.42 Å². The lowest BCUT2D eigenvalue weighted by atomic mass is 10.0. The van der Waals surface area contributed by atoms with Crippen molar-refractivity contribution in [1.82, 2.24) is 4.90 Å². The van der Waals surface area contributed by atoms with Gasteiger partial charge in [-0.3, -0.25) is 9.69 Å². The molecular weight excluding hydrogens is 148 g/mol. The first-order chi connectivity index (χ1) is 5.16. The molecule has 0 aliphatic carbocycles. The number of carbonyl (C=O) groups is 2. The number of likely N-dealkylation sites (tertiary alicyclic amines) is 1. The van der Waals surface area contributed by atoms with Crippen molar-refractivity contribution >= 4 is 12.0 Å². The molecule has 0 aromatic carbocycles. The summed E-state index contributed by atoms with van der Waals surface area (Å²) < 4.78 is 4.41. The highest BCUT2D eigenvalue weighted by Gasteiger charge is 2.36. The number of methoxy groups -OCH3 is 1. The molecule has 0 radical (unpaired) electrons. The summed E-state index contributed by atoms with van der Waals surface area (Å²) in [5.74, 6) is -0.471. The molecule has 1 atom stereocenters. The van der Waals surface area contributed by atoms with Gasteiger partial charge in [0.25, 0.3) is 0 Å². The number of rotatable bonds is 1. The van der Waals surface area contributed by atoms with Gasteiger partial charge in [0.05, 0.1) is 7.11 Å². The molecule has 1 fully saturated rings. The molecule has 0 aromatic heterocycles. The van der Waals surface area contributed by atoms with E-state index in [9.17, 15) is 9.59 Å². The number of nitrogens with zero attached hydrogens (tertiary/aromatic N) is 1. The summed E-state index contributed by atoms with van der Waals surface area (Å²) in [6, 6.07) is -0.456. The SMILES string of the molecule is COC(=O)N1CCC1C(N)=O. The number of hydrogen-bond donors (Lipinski definition) is 1. The molecule has 1 saturated heterocycles. The molecule has 5 nitrogen and oxygen atoms in total. The molecule has 1 rings (SSSR count). The lowest BCUT2D eigenvalue weighted by molar-refractivity contribution is -0.126. The Hall–Kier alpha value is -1.26. The summed E-state index contributed by atoms with van der Waals surface area (Å²) in [7, 11) is 1.28. The molecule has 0 bridgehead atoms. The molecule has 0 spiro atoms. The van der Waals surface area contributed by atoms with E-state index in [-0.39, 0.29) is 0 Å². The third-order valence-electron chi connectivity index (χ3n) is 1.76. The van der Waals surface area contributed by atoms with E-state index in [0.29, 0.717) is 13.0 Å². The van der Waals surface area contributed by atoms with Gasteiger partial charge in [-0.2, -0.15) is 0 Å². The number of nitrogens with two attached hydrogens (primary N) is 1. The minimum absolute atomic E-state index is 0.456. The van der Waals surface area contributed by atoms with Crippen LogP contribution in [0.1, 0.15) is 6.42 Å². The molecule has 62 valence electrons. The Morgan fingerprint density at radius 1 is 1.64 bits per heavy atom. The van der Waals surface area contributed by atoms with Crippen molar-refractivity contribution in [1.29, 1.82) is 0 Å². The lowest BCUT2D eigenvalue weighted by Gasteiger charge is -2.37. The number of carbonyl (C=O) groups excluding carboxylic acids is 2. The van der Waals surface area contributed by atoms with Gasteiger partial charge in [0.1, 0.15) is 6.04 Å². The van der Waals surface area contributed by atoms with E-state index < -0.39 is 18.0 Å². The van der Waals surface area contributed by atoms with E-state index in [1.807, 2.05) is 0 Å². The van der Waals surface area contributed by atoms with Gasteiger partial charge < -0.3 is 10.5 Å². The fourth-order valence-electron chi connectivity index (χ4n) is 1.02. The van der Waals surface area contributed by atoms with Crippen LogP contribution in [0.25, 0.3) is 0 Å².